The fourth-order valence-electron chi connectivity index (χ4n) is 1.63. The van der Waals surface area contributed by atoms with Gasteiger partial charge in [-0.3, -0.25) is 0 Å². The van der Waals surface area contributed by atoms with E-state index in [1.165, 1.54) is 5.56 Å². The zero-order valence-electron chi connectivity index (χ0n) is 8.82. The van der Waals surface area contributed by atoms with Crippen LogP contribution < -0.4 is 5.32 Å². The van der Waals surface area contributed by atoms with Crippen LogP contribution >= 0.6 is 0 Å². The zero-order valence-corrected chi connectivity index (χ0v) is 8.82. The Morgan fingerprint density at radius 2 is 2.07 bits per heavy atom. The highest BCUT2D eigenvalue weighted by atomic mass is 16.5. The first kappa shape index (κ1) is 10.2. The Labute approximate surface area is 89.4 Å². The molecule has 2 rings (SSSR count). The number of hydrogen-bond donors (Lipinski definition) is 1. The van der Waals surface area contributed by atoms with E-state index in [1.807, 2.05) is 31.2 Å². The van der Waals surface area contributed by atoms with E-state index in [2.05, 4.69) is 5.32 Å². The number of hydrogen-bond acceptors (Lipinski definition) is 3. The summed E-state index contributed by atoms with van der Waals surface area (Å²) >= 11 is 0. The van der Waals surface area contributed by atoms with Crippen molar-refractivity contribution in [2.45, 2.75) is 12.8 Å². The number of nitrogens with one attached hydrogen (secondary N) is 1. The van der Waals surface area contributed by atoms with Crippen LogP contribution in [-0.4, -0.2) is 25.7 Å². The topological polar surface area (TPSA) is 38.3 Å². The van der Waals surface area contributed by atoms with E-state index in [1.54, 1.807) is 0 Å². The Kier molecular flexibility index (Phi) is 3.02. The van der Waals surface area contributed by atoms with Gasteiger partial charge in [-0.1, -0.05) is 12.1 Å². The summed E-state index contributed by atoms with van der Waals surface area (Å²) in [5, 5.41) is 3.23. The van der Waals surface area contributed by atoms with Crippen LogP contribution in [0.5, 0.6) is 0 Å². The largest absolute Gasteiger partial charge is 0.462 e. The number of benzene rings is 1. The molecule has 1 saturated heterocycles. The summed E-state index contributed by atoms with van der Waals surface area (Å²) in [7, 11) is 0. The van der Waals surface area contributed by atoms with Crippen LogP contribution in [0.15, 0.2) is 24.3 Å². The maximum atomic E-state index is 11.4. The van der Waals surface area contributed by atoms with Gasteiger partial charge >= 0.3 is 5.97 Å². The number of rotatable bonds is 3. The van der Waals surface area contributed by atoms with E-state index < -0.39 is 0 Å². The molecule has 0 atom stereocenters. The lowest BCUT2D eigenvalue weighted by molar-refractivity contribution is 0.0526. The predicted octanol–water partition coefficient (Wildman–Crippen LogP) is 1.55. The molecule has 15 heavy (non-hydrogen) atoms. The maximum absolute atomic E-state index is 11.4. The quantitative estimate of drug-likeness (QED) is 0.761. The third-order valence-corrected chi connectivity index (χ3v) is 2.67. The van der Waals surface area contributed by atoms with E-state index in [4.69, 9.17) is 4.74 Å². The Hall–Kier alpha value is -1.35. The average molecular weight is 205 g/mol. The Bertz CT molecular complexity index is 341. The molecule has 1 aromatic carbocycles. The molecule has 0 bridgehead atoms. The normalized spacial score (nSPS) is 15.8. The third-order valence-electron chi connectivity index (χ3n) is 2.67. The van der Waals surface area contributed by atoms with Gasteiger partial charge in [-0.05, 0) is 24.6 Å². The molecule has 1 N–H and O–H groups in total. The van der Waals surface area contributed by atoms with E-state index in [9.17, 15) is 4.79 Å². The molecule has 1 fully saturated rings. The van der Waals surface area contributed by atoms with Gasteiger partial charge in [0.15, 0.2) is 0 Å². The van der Waals surface area contributed by atoms with Gasteiger partial charge < -0.3 is 10.1 Å². The van der Waals surface area contributed by atoms with Crippen molar-refractivity contribution in [3.8, 4) is 0 Å². The fourth-order valence-corrected chi connectivity index (χ4v) is 1.63. The van der Waals surface area contributed by atoms with Crippen LogP contribution in [0.2, 0.25) is 0 Å². The van der Waals surface area contributed by atoms with Gasteiger partial charge in [-0.15, -0.1) is 0 Å². The minimum Gasteiger partial charge on any atom is -0.462 e. The van der Waals surface area contributed by atoms with Crippen molar-refractivity contribution in [3.63, 3.8) is 0 Å². The summed E-state index contributed by atoms with van der Waals surface area (Å²) in [6.45, 7) is 4.32. The second-order valence-electron chi connectivity index (χ2n) is 3.70. The molecule has 1 aromatic rings. The average Bonchev–Trinajstić information content (AvgIpc) is 2.16. The van der Waals surface area contributed by atoms with Crippen molar-refractivity contribution in [1.82, 2.24) is 5.32 Å². The smallest absolute Gasteiger partial charge is 0.338 e. The van der Waals surface area contributed by atoms with Crippen LogP contribution in [-0.2, 0) is 4.74 Å². The number of ether oxygens (including phenoxy) is 1. The lowest BCUT2D eigenvalue weighted by Gasteiger charge is -2.27. The molecule has 0 unspecified atom stereocenters. The van der Waals surface area contributed by atoms with Crippen molar-refractivity contribution in [1.29, 1.82) is 0 Å². The highest BCUT2D eigenvalue weighted by molar-refractivity contribution is 5.89. The Morgan fingerprint density at radius 1 is 1.40 bits per heavy atom. The summed E-state index contributed by atoms with van der Waals surface area (Å²) in [5.41, 5.74) is 1.93. The molecule has 0 amide bonds. The van der Waals surface area contributed by atoms with Gasteiger partial charge in [-0.25, -0.2) is 4.79 Å². The monoisotopic (exact) mass is 205 g/mol. The summed E-state index contributed by atoms with van der Waals surface area (Å²) in [5.74, 6) is 0.372. The predicted molar refractivity (Wildman–Crippen MR) is 58.0 cm³/mol. The summed E-state index contributed by atoms with van der Waals surface area (Å²) in [4.78, 5) is 11.4. The molecule has 0 aliphatic carbocycles. The number of carbonyl (C=O) groups is 1. The zero-order chi connectivity index (χ0) is 10.7. The Morgan fingerprint density at radius 3 is 2.53 bits per heavy atom. The highest BCUT2D eigenvalue weighted by Gasteiger charge is 2.18. The van der Waals surface area contributed by atoms with E-state index in [-0.39, 0.29) is 5.97 Å². The van der Waals surface area contributed by atoms with Gasteiger partial charge in [0.05, 0.1) is 12.2 Å². The third kappa shape index (κ3) is 2.18. The summed E-state index contributed by atoms with van der Waals surface area (Å²) in [6.07, 6.45) is 0. The van der Waals surface area contributed by atoms with Crippen molar-refractivity contribution in [2.24, 2.45) is 0 Å². The molecule has 0 radical (unpaired) electrons. The molecule has 1 heterocycles. The molecule has 0 aromatic heterocycles. The first-order chi connectivity index (χ1) is 7.31. The maximum Gasteiger partial charge on any atom is 0.338 e. The van der Waals surface area contributed by atoms with Gasteiger partial charge in [0.1, 0.15) is 0 Å². The van der Waals surface area contributed by atoms with Gasteiger partial charge in [0.2, 0.25) is 0 Å². The molecular formula is C12H15NO2. The van der Waals surface area contributed by atoms with Gasteiger partial charge in [-0.2, -0.15) is 0 Å². The molecule has 0 spiro atoms. The SMILES string of the molecule is CCOC(=O)c1ccc(C2CNC2)cc1. The first-order valence-electron chi connectivity index (χ1n) is 5.29. The molecule has 1 aliphatic heterocycles. The van der Waals surface area contributed by atoms with Crippen LogP contribution in [0.25, 0.3) is 0 Å². The van der Waals surface area contributed by atoms with Crippen molar-refractivity contribution >= 4 is 5.97 Å². The van der Waals surface area contributed by atoms with Crippen LogP contribution in [0.4, 0.5) is 0 Å². The van der Waals surface area contributed by atoms with Gasteiger partial charge in [0.25, 0.3) is 0 Å². The summed E-state index contributed by atoms with van der Waals surface area (Å²) in [6, 6.07) is 7.70. The molecule has 80 valence electrons. The highest BCUT2D eigenvalue weighted by Crippen LogP contribution is 2.20. The first-order valence-corrected chi connectivity index (χ1v) is 5.29. The number of carbonyl (C=O) groups excluding carboxylic acids is 1. The molecule has 0 saturated carbocycles. The molecular weight excluding hydrogens is 190 g/mol. The standard InChI is InChI=1S/C12H15NO2/c1-2-15-12(14)10-5-3-9(4-6-10)11-7-13-8-11/h3-6,11,13H,2,7-8H2,1H3. The second kappa shape index (κ2) is 4.45. The lowest BCUT2D eigenvalue weighted by Crippen LogP contribution is -2.39. The fraction of sp³-hybridized carbons (Fsp3) is 0.417. The summed E-state index contributed by atoms with van der Waals surface area (Å²) < 4.78 is 4.92. The van der Waals surface area contributed by atoms with Crippen molar-refractivity contribution < 1.29 is 9.53 Å². The Balaban J connectivity index is 2.06. The van der Waals surface area contributed by atoms with Crippen LogP contribution in [0.3, 0.4) is 0 Å². The molecule has 3 nitrogen and oxygen atoms in total. The van der Waals surface area contributed by atoms with Crippen molar-refractivity contribution in [3.05, 3.63) is 35.4 Å². The van der Waals surface area contributed by atoms with Crippen LogP contribution in [0.1, 0.15) is 28.8 Å². The van der Waals surface area contributed by atoms with Gasteiger partial charge in [0, 0.05) is 19.0 Å². The minimum absolute atomic E-state index is 0.240. The van der Waals surface area contributed by atoms with Crippen molar-refractivity contribution in [2.75, 3.05) is 19.7 Å². The minimum atomic E-state index is -0.240. The van der Waals surface area contributed by atoms with Crippen LogP contribution in [0, 0.1) is 0 Å². The number of esters is 1. The molecule has 3 heteroatoms. The molecule has 1 aliphatic rings. The second-order valence-corrected chi connectivity index (χ2v) is 3.70. The van der Waals surface area contributed by atoms with E-state index in [0.29, 0.717) is 18.1 Å². The van der Waals surface area contributed by atoms with E-state index >= 15 is 0 Å². The lowest BCUT2D eigenvalue weighted by atomic mass is 9.93. The van der Waals surface area contributed by atoms with E-state index in [0.717, 1.165) is 13.1 Å².